The van der Waals surface area contributed by atoms with Crippen molar-refractivity contribution in [2.75, 3.05) is 20.3 Å². The predicted molar refractivity (Wildman–Crippen MR) is 124 cm³/mol. The van der Waals surface area contributed by atoms with Gasteiger partial charge in [-0.05, 0) is 65.2 Å². The van der Waals surface area contributed by atoms with Crippen molar-refractivity contribution in [3.05, 3.63) is 56.4 Å². The summed E-state index contributed by atoms with van der Waals surface area (Å²) in [5.41, 5.74) is 3.09. The molecule has 1 aliphatic rings. The summed E-state index contributed by atoms with van der Waals surface area (Å²) in [4.78, 5) is 12.4. The van der Waals surface area contributed by atoms with Gasteiger partial charge in [-0.15, -0.1) is 0 Å². The number of aryl methyl sites for hydroxylation is 2. The van der Waals surface area contributed by atoms with Gasteiger partial charge in [-0.3, -0.25) is 4.79 Å². The number of benzene rings is 2. The van der Waals surface area contributed by atoms with Crippen LogP contribution < -0.4 is 19.5 Å². The van der Waals surface area contributed by atoms with Crippen molar-refractivity contribution in [1.82, 2.24) is 5.32 Å². The average molecular weight is 494 g/mol. The number of carbonyl (C=O) groups excluding carboxylic acids is 1. The van der Waals surface area contributed by atoms with Crippen LogP contribution in [0.1, 0.15) is 16.7 Å². The Morgan fingerprint density at radius 1 is 1.14 bits per heavy atom. The Kier molecular flexibility index (Phi) is 7.21. The monoisotopic (exact) mass is 493 g/mol. The molecule has 0 aromatic heterocycles. The van der Waals surface area contributed by atoms with Crippen molar-refractivity contribution in [3.8, 4) is 17.2 Å². The summed E-state index contributed by atoms with van der Waals surface area (Å²) in [6, 6.07) is 9.74. The summed E-state index contributed by atoms with van der Waals surface area (Å²) in [5.74, 6) is 1.79. The fourth-order valence-corrected chi connectivity index (χ4v) is 4.41. The maximum Gasteiger partial charge on any atom is 0.263 e. The van der Waals surface area contributed by atoms with Crippen LogP contribution in [0.4, 0.5) is 0 Å². The molecular weight excluding hydrogens is 474 g/mol. The first kappa shape index (κ1) is 21.7. The normalized spacial score (nSPS) is 14.8. The molecule has 8 heteroatoms. The summed E-state index contributed by atoms with van der Waals surface area (Å²) in [5, 5.41) is 2.60. The maximum atomic E-state index is 11.9. The van der Waals surface area contributed by atoms with Gasteiger partial charge in [-0.2, -0.15) is 0 Å². The van der Waals surface area contributed by atoms with E-state index in [1.165, 1.54) is 17.3 Å². The first-order chi connectivity index (χ1) is 13.9. The lowest BCUT2D eigenvalue weighted by molar-refractivity contribution is -0.115. The van der Waals surface area contributed by atoms with E-state index < -0.39 is 0 Å². The van der Waals surface area contributed by atoms with Crippen molar-refractivity contribution in [2.45, 2.75) is 13.8 Å². The zero-order valence-corrected chi connectivity index (χ0v) is 19.4. The summed E-state index contributed by atoms with van der Waals surface area (Å²) in [7, 11) is 1.57. The van der Waals surface area contributed by atoms with Gasteiger partial charge in [0.05, 0.1) is 16.5 Å². The van der Waals surface area contributed by atoms with E-state index in [9.17, 15) is 4.79 Å². The van der Waals surface area contributed by atoms with E-state index in [0.717, 1.165) is 21.3 Å². The average Bonchev–Trinajstić information content (AvgIpc) is 2.98. The van der Waals surface area contributed by atoms with Crippen LogP contribution in [-0.2, 0) is 4.79 Å². The fraction of sp³-hybridized carbons (Fsp3) is 0.238. The Hall–Kier alpha value is -2.03. The minimum absolute atomic E-state index is 0.195. The van der Waals surface area contributed by atoms with E-state index in [0.29, 0.717) is 33.9 Å². The van der Waals surface area contributed by atoms with Gasteiger partial charge in [0.25, 0.3) is 5.91 Å². The van der Waals surface area contributed by atoms with Gasteiger partial charge in [0, 0.05) is 0 Å². The molecule has 3 rings (SSSR count). The van der Waals surface area contributed by atoms with Crippen LogP contribution >= 0.6 is 39.9 Å². The summed E-state index contributed by atoms with van der Waals surface area (Å²) in [6.07, 6.45) is 1.76. The number of thioether (sulfide) groups is 1. The summed E-state index contributed by atoms with van der Waals surface area (Å²) < 4.78 is 18.3. The molecule has 1 fully saturated rings. The maximum absolute atomic E-state index is 11.9. The minimum Gasteiger partial charge on any atom is -0.493 e. The van der Waals surface area contributed by atoms with Crippen molar-refractivity contribution >= 4 is 56.2 Å². The van der Waals surface area contributed by atoms with Crippen LogP contribution in [0.15, 0.2) is 39.7 Å². The van der Waals surface area contributed by atoms with Crippen LogP contribution in [0.25, 0.3) is 6.08 Å². The molecule has 152 valence electrons. The van der Waals surface area contributed by atoms with Crippen LogP contribution in [-0.4, -0.2) is 30.6 Å². The van der Waals surface area contributed by atoms with Crippen molar-refractivity contribution < 1.29 is 19.0 Å². The van der Waals surface area contributed by atoms with Gasteiger partial charge in [0.1, 0.15) is 23.3 Å². The first-order valence-electron chi connectivity index (χ1n) is 8.82. The van der Waals surface area contributed by atoms with Gasteiger partial charge in [0.2, 0.25) is 0 Å². The minimum atomic E-state index is -0.195. The third-order valence-electron chi connectivity index (χ3n) is 4.11. The zero-order valence-electron chi connectivity index (χ0n) is 16.2. The smallest absolute Gasteiger partial charge is 0.263 e. The lowest BCUT2D eigenvalue weighted by Gasteiger charge is -2.15. The molecule has 0 atom stereocenters. The number of carbonyl (C=O) groups is 1. The largest absolute Gasteiger partial charge is 0.493 e. The zero-order chi connectivity index (χ0) is 21.0. The molecule has 1 saturated heterocycles. The molecule has 0 spiro atoms. The molecule has 0 saturated carbocycles. The number of nitrogens with one attached hydrogen (secondary N) is 1. The highest BCUT2D eigenvalue weighted by Gasteiger charge is 2.22. The second kappa shape index (κ2) is 9.65. The van der Waals surface area contributed by atoms with E-state index in [-0.39, 0.29) is 5.91 Å². The molecule has 0 aliphatic carbocycles. The first-order valence-corrected chi connectivity index (χ1v) is 10.8. The Balaban J connectivity index is 1.67. The highest BCUT2D eigenvalue weighted by molar-refractivity contribution is 9.10. The van der Waals surface area contributed by atoms with Crippen LogP contribution in [0.2, 0.25) is 0 Å². The molecule has 1 heterocycles. The molecule has 1 aliphatic heterocycles. The predicted octanol–water partition coefficient (Wildman–Crippen LogP) is 5.02. The number of methoxy groups -OCH3 is 1. The van der Waals surface area contributed by atoms with E-state index >= 15 is 0 Å². The molecule has 2 aromatic carbocycles. The summed E-state index contributed by atoms with van der Waals surface area (Å²) >= 11 is 9.78. The number of hydrogen-bond acceptors (Lipinski definition) is 6. The van der Waals surface area contributed by atoms with Crippen LogP contribution in [0.3, 0.4) is 0 Å². The highest BCUT2D eigenvalue weighted by atomic mass is 79.9. The second-order valence-electron chi connectivity index (χ2n) is 6.35. The number of halogens is 1. The molecule has 0 bridgehead atoms. The third-order valence-corrected chi connectivity index (χ3v) is 5.86. The van der Waals surface area contributed by atoms with Gasteiger partial charge in [-0.1, -0.05) is 41.7 Å². The Morgan fingerprint density at radius 3 is 2.55 bits per heavy atom. The van der Waals surface area contributed by atoms with E-state index in [1.54, 1.807) is 13.2 Å². The Labute approximate surface area is 187 Å². The van der Waals surface area contributed by atoms with E-state index in [4.69, 9.17) is 26.4 Å². The number of rotatable bonds is 7. The standard InChI is InChI=1S/C21H20BrNO4S2/c1-12-4-5-16(13(2)8-12)26-6-7-27-19-15(22)9-14(10-17(19)25-3)11-18-20(24)23-21(28)29-18/h4-5,8-11H,6-7H2,1-3H3,(H,23,24,28)/b18-11-. The van der Waals surface area contributed by atoms with Gasteiger partial charge >= 0.3 is 0 Å². The Bertz CT molecular complexity index is 991. The molecular formula is C21H20BrNO4S2. The molecule has 5 nitrogen and oxygen atoms in total. The highest BCUT2D eigenvalue weighted by Crippen LogP contribution is 2.38. The quantitative estimate of drug-likeness (QED) is 0.332. The van der Waals surface area contributed by atoms with Gasteiger partial charge in [-0.25, -0.2) is 0 Å². The van der Waals surface area contributed by atoms with Gasteiger partial charge in [0.15, 0.2) is 11.5 Å². The number of ether oxygens (including phenoxy) is 3. The fourth-order valence-electron chi connectivity index (χ4n) is 2.79. The lowest BCUT2D eigenvalue weighted by Crippen LogP contribution is -2.17. The lowest BCUT2D eigenvalue weighted by atomic mass is 10.1. The van der Waals surface area contributed by atoms with Gasteiger partial charge < -0.3 is 19.5 Å². The second-order valence-corrected chi connectivity index (χ2v) is 8.93. The van der Waals surface area contributed by atoms with E-state index in [2.05, 4.69) is 34.2 Å². The number of amides is 1. The van der Waals surface area contributed by atoms with Crippen molar-refractivity contribution in [3.63, 3.8) is 0 Å². The molecule has 2 aromatic rings. The van der Waals surface area contributed by atoms with Crippen molar-refractivity contribution in [1.29, 1.82) is 0 Å². The molecule has 29 heavy (non-hydrogen) atoms. The Morgan fingerprint density at radius 2 is 1.90 bits per heavy atom. The molecule has 0 radical (unpaired) electrons. The molecule has 0 unspecified atom stereocenters. The van der Waals surface area contributed by atoms with Crippen molar-refractivity contribution in [2.24, 2.45) is 0 Å². The number of hydrogen-bond donors (Lipinski definition) is 1. The van der Waals surface area contributed by atoms with E-state index in [1.807, 2.05) is 31.2 Å². The summed E-state index contributed by atoms with van der Waals surface area (Å²) in [6.45, 7) is 4.83. The number of thiocarbonyl (C=S) groups is 1. The molecule has 1 amide bonds. The third kappa shape index (κ3) is 5.52. The molecule has 1 N–H and O–H groups in total. The van der Waals surface area contributed by atoms with Crippen LogP contribution in [0, 0.1) is 13.8 Å². The SMILES string of the molecule is COc1cc(/C=C2\SC(=S)NC2=O)cc(Br)c1OCCOc1ccc(C)cc1C. The van der Waals surface area contributed by atoms with Crippen LogP contribution in [0.5, 0.6) is 17.2 Å². The topological polar surface area (TPSA) is 56.8 Å².